The predicted octanol–water partition coefficient (Wildman–Crippen LogP) is 2.90. The largest absolute Gasteiger partial charge is 0.381 e. The molecule has 0 aromatic rings. The molecule has 1 fully saturated rings. The van der Waals surface area contributed by atoms with Crippen LogP contribution in [0, 0.1) is 5.92 Å². The molecule has 0 bridgehead atoms. The van der Waals surface area contributed by atoms with Gasteiger partial charge >= 0.3 is 0 Å². The van der Waals surface area contributed by atoms with Crippen molar-refractivity contribution in [3.8, 4) is 0 Å². The SMILES string of the molecule is CCCOCCCN1CC(CC(C)C)NCC1CC. The van der Waals surface area contributed by atoms with Crippen LogP contribution in [0.3, 0.4) is 0 Å². The summed E-state index contributed by atoms with van der Waals surface area (Å²) in [6, 6.07) is 1.40. The van der Waals surface area contributed by atoms with Crippen molar-refractivity contribution < 1.29 is 4.74 Å². The molecule has 0 spiro atoms. The highest BCUT2D eigenvalue weighted by Crippen LogP contribution is 2.15. The van der Waals surface area contributed by atoms with E-state index < -0.39 is 0 Å². The van der Waals surface area contributed by atoms with E-state index in [4.69, 9.17) is 4.74 Å². The summed E-state index contributed by atoms with van der Waals surface area (Å²) < 4.78 is 5.59. The van der Waals surface area contributed by atoms with Crippen LogP contribution in [-0.2, 0) is 4.74 Å². The summed E-state index contributed by atoms with van der Waals surface area (Å²) in [6.45, 7) is 14.5. The Balaban J connectivity index is 2.29. The molecular weight excluding hydrogens is 236 g/mol. The zero-order valence-corrected chi connectivity index (χ0v) is 13.5. The molecule has 3 nitrogen and oxygen atoms in total. The molecule has 1 aliphatic rings. The highest BCUT2D eigenvalue weighted by molar-refractivity contribution is 4.85. The first-order valence-electron chi connectivity index (χ1n) is 8.22. The Labute approximate surface area is 120 Å². The molecule has 1 heterocycles. The monoisotopic (exact) mass is 270 g/mol. The van der Waals surface area contributed by atoms with E-state index in [1.54, 1.807) is 0 Å². The number of nitrogens with one attached hydrogen (secondary N) is 1. The van der Waals surface area contributed by atoms with Crippen molar-refractivity contribution >= 4 is 0 Å². The highest BCUT2D eigenvalue weighted by atomic mass is 16.5. The molecule has 2 atom stereocenters. The highest BCUT2D eigenvalue weighted by Gasteiger charge is 2.26. The van der Waals surface area contributed by atoms with Crippen LogP contribution in [0.15, 0.2) is 0 Å². The normalized spacial score (nSPS) is 25.1. The molecule has 1 rings (SSSR count). The van der Waals surface area contributed by atoms with Crippen LogP contribution in [0.25, 0.3) is 0 Å². The molecule has 0 aromatic carbocycles. The van der Waals surface area contributed by atoms with Crippen molar-refractivity contribution in [1.29, 1.82) is 0 Å². The van der Waals surface area contributed by atoms with Gasteiger partial charge in [0.05, 0.1) is 0 Å². The van der Waals surface area contributed by atoms with E-state index in [0.29, 0.717) is 6.04 Å². The molecule has 1 saturated heterocycles. The van der Waals surface area contributed by atoms with Crippen molar-refractivity contribution in [1.82, 2.24) is 10.2 Å². The van der Waals surface area contributed by atoms with Crippen molar-refractivity contribution in [2.24, 2.45) is 5.92 Å². The van der Waals surface area contributed by atoms with E-state index in [9.17, 15) is 0 Å². The van der Waals surface area contributed by atoms with Crippen LogP contribution in [0.4, 0.5) is 0 Å². The van der Waals surface area contributed by atoms with Crippen LogP contribution >= 0.6 is 0 Å². The zero-order chi connectivity index (χ0) is 14.1. The van der Waals surface area contributed by atoms with Crippen LogP contribution in [0.2, 0.25) is 0 Å². The Morgan fingerprint density at radius 3 is 2.68 bits per heavy atom. The molecule has 0 saturated carbocycles. The molecule has 19 heavy (non-hydrogen) atoms. The van der Waals surface area contributed by atoms with E-state index in [1.165, 1.54) is 32.4 Å². The summed E-state index contributed by atoms with van der Waals surface area (Å²) in [7, 11) is 0. The molecule has 114 valence electrons. The smallest absolute Gasteiger partial charge is 0.0478 e. The Bertz CT molecular complexity index is 221. The number of piperazine rings is 1. The van der Waals surface area contributed by atoms with E-state index in [-0.39, 0.29) is 0 Å². The third-order valence-electron chi connectivity index (χ3n) is 3.92. The third kappa shape index (κ3) is 6.73. The molecule has 0 radical (unpaired) electrons. The van der Waals surface area contributed by atoms with E-state index >= 15 is 0 Å². The Hall–Kier alpha value is -0.120. The maximum atomic E-state index is 5.59. The summed E-state index contributed by atoms with van der Waals surface area (Å²) in [5.74, 6) is 0.783. The zero-order valence-electron chi connectivity index (χ0n) is 13.5. The first kappa shape index (κ1) is 16.9. The lowest BCUT2D eigenvalue weighted by Crippen LogP contribution is -2.56. The number of nitrogens with zero attached hydrogens (tertiary/aromatic N) is 1. The summed E-state index contributed by atoms with van der Waals surface area (Å²) in [5, 5.41) is 3.72. The molecule has 3 heteroatoms. The van der Waals surface area contributed by atoms with Crippen LogP contribution in [0.1, 0.15) is 53.4 Å². The van der Waals surface area contributed by atoms with Gasteiger partial charge in [-0.3, -0.25) is 4.90 Å². The minimum Gasteiger partial charge on any atom is -0.381 e. The van der Waals surface area contributed by atoms with Crippen molar-refractivity contribution in [2.45, 2.75) is 65.5 Å². The number of rotatable bonds is 9. The summed E-state index contributed by atoms with van der Waals surface area (Å²) >= 11 is 0. The van der Waals surface area contributed by atoms with Gasteiger partial charge in [-0.15, -0.1) is 0 Å². The molecule has 0 amide bonds. The van der Waals surface area contributed by atoms with E-state index in [1.807, 2.05) is 0 Å². The van der Waals surface area contributed by atoms with Crippen molar-refractivity contribution in [2.75, 3.05) is 32.8 Å². The summed E-state index contributed by atoms with van der Waals surface area (Å²) in [4.78, 5) is 2.68. The van der Waals surface area contributed by atoms with Gasteiger partial charge in [-0.05, 0) is 31.6 Å². The van der Waals surface area contributed by atoms with Gasteiger partial charge in [0.2, 0.25) is 0 Å². The van der Waals surface area contributed by atoms with Crippen LogP contribution in [0.5, 0.6) is 0 Å². The summed E-state index contributed by atoms with van der Waals surface area (Å²) in [5.41, 5.74) is 0. The van der Waals surface area contributed by atoms with Gasteiger partial charge in [0.1, 0.15) is 0 Å². The second kappa shape index (κ2) is 9.73. The maximum absolute atomic E-state index is 5.59. The fourth-order valence-corrected chi connectivity index (χ4v) is 2.95. The average molecular weight is 270 g/mol. The van der Waals surface area contributed by atoms with Gasteiger partial charge < -0.3 is 10.1 Å². The Kier molecular flexibility index (Phi) is 8.67. The topological polar surface area (TPSA) is 24.5 Å². The molecule has 1 N–H and O–H groups in total. The summed E-state index contributed by atoms with van der Waals surface area (Å²) in [6.07, 6.45) is 4.84. The molecule has 0 aliphatic carbocycles. The van der Waals surface area contributed by atoms with E-state index in [0.717, 1.165) is 38.1 Å². The number of hydrogen-bond acceptors (Lipinski definition) is 3. The van der Waals surface area contributed by atoms with Gasteiger partial charge in [0.15, 0.2) is 0 Å². The quantitative estimate of drug-likeness (QED) is 0.652. The van der Waals surface area contributed by atoms with Gasteiger partial charge in [0, 0.05) is 44.9 Å². The molecule has 0 aromatic heterocycles. The number of ether oxygens (including phenoxy) is 1. The Morgan fingerprint density at radius 1 is 1.26 bits per heavy atom. The standard InChI is InChI=1S/C16H34N2O/c1-5-9-19-10-7-8-18-13-15(11-14(3)4)17-12-16(18)6-2/h14-17H,5-13H2,1-4H3. The lowest BCUT2D eigenvalue weighted by molar-refractivity contribution is 0.0875. The minimum atomic E-state index is 0.680. The van der Waals surface area contributed by atoms with Crippen molar-refractivity contribution in [3.63, 3.8) is 0 Å². The first-order valence-corrected chi connectivity index (χ1v) is 8.22. The second-order valence-electron chi connectivity index (χ2n) is 6.26. The fourth-order valence-electron chi connectivity index (χ4n) is 2.95. The van der Waals surface area contributed by atoms with Gasteiger partial charge in [0.25, 0.3) is 0 Å². The lowest BCUT2D eigenvalue weighted by Gasteiger charge is -2.40. The second-order valence-corrected chi connectivity index (χ2v) is 6.26. The van der Waals surface area contributed by atoms with E-state index in [2.05, 4.69) is 37.9 Å². The van der Waals surface area contributed by atoms with Gasteiger partial charge in [-0.1, -0.05) is 27.7 Å². The van der Waals surface area contributed by atoms with Gasteiger partial charge in [-0.25, -0.2) is 0 Å². The van der Waals surface area contributed by atoms with Crippen molar-refractivity contribution in [3.05, 3.63) is 0 Å². The minimum absolute atomic E-state index is 0.680. The molecular formula is C16H34N2O. The molecule has 1 aliphatic heterocycles. The third-order valence-corrected chi connectivity index (χ3v) is 3.92. The van der Waals surface area contributed by atoms with Gasteiger partial charge in [-0.2, -0.15) is 0 Å². The fraction of sp³-hybridized carbons (Fsp3) is 1.00. The maximum Gasteiger partial charge on any atom is 0.0478 e. The predicted molar refractivity (Wildman–Crippen MR) is 82.6 cm³/mol. The lowest BCUT2D eigenvalue weighted by atomic mass is 9.99. The Morgan fingerprint density at radius 2 is 2.05 bits per heavy atom. The van der Waals surface area contributed by atoms with Crippen LogP contribution in [-0.4, -0.2) is 49.8 Å². The first-order chi connectivity index (χ1) is 9.17. The molecule has 2 unspecified atom stereocenters. The average Bonchev–Trinajstić information content (AvgIpc) is 2.38. The number of hydrogen-bond donors (Lipinski definition) is 1. The van der Waals surface area contributed by atoms with Crippen LogP contribution < -0.4 is 5.32 Å².